The summed E-state index contributed by atoms with van der Waals surface area (Å²) >= 11 is 2.89. The second kappa shape index (κ2) is 10.3. The molecule has 3 aromatic rings. The second-order valence-corrected chi connectivity index (χ2v) is 11.5. The Morgan fingerprint density at radius 1 is 1.10 bits per heavy atom. The maximum atomic E-state index is 13.0. The lowest BCUT2D eigenvalue weighted by Crippen LogP contribution is -2.31. The van der Waals surface area contributed by atoms with E-state index in [1.807, 2.05) is 30.3 Å². The number of para-hydroxylation sites is 1. The van der Waals surface area contributed by atoms with Crippen LogP contribution in [0, 0.1) is 5.92 Å². The van der Waals surface area contributed by atoms with Crippen LogP contribution in [0.5, 0.6) is 0 Å². The predicted molar refractivity (Wildman–Crippen MR) is 127 cm³/mol. The van der Waals surface area contributed by atoms with E-state index < -0.39 is 15.9 Å². The topological polar surface area (TPSA) is 92.3 Å². The van der Waals surface area contributed by atoms with Crippen molar-refractivity contribution in [3.8, 4) is 0 Å². The fourth-order valence-electron chi connectivity index (χ4n) is 2.73. The standard InChI is InChI=1S/C21H24N4O3S3/c1-15(2)14-29-21-24-23-20(30-21)22-19(26)17-11-7-8-12-18(17)25(31(3,27)28)13-16-9-5-4-6-10-16/h4-12,15H,13-14H2,1-3H3,(H,22,23,26). The summed E-state index contributed by atoms with van der Waals surface area (Å²) in [5, 5.41) is 11.3. The van der Waals surface area contributed by atoms with Gasteiger partial charge < -0.3 is 0 Å². The molecule has 0 saturated heterocycles. The summed E-state index contributed by atoms with van der Waals surface area (Å²) in [6.45, 7) is 4.37. The molecule has 0 radical (unpaired) electrons. The molecular weight excluding hydrogens is 452 g/mol. The van der Waals surface area contributed by atoms with Gasteiger partial charge in [0, 0.05) is 5.75 Å². The van der Waals surface area contributed by atoms with Gasteiger partial charge in [-0.2, -0.15) is 0 Å². The fraction of sp³-hybridized carbons (Fsp3) is 0.286. The number of rotatable bonds is 9. The molecule has 0 aliphatic heterocycles. The number of thioether (sulfide) groups is 1. The van der Waals surface area contributed by atoms with Crippen LogP contribution in [0.1, 0.15) is 29.8 Å². The first-order valence-electron chi connectivity index (χ1n) is 9.62. The van der Waals surface area contributed by atoms with Crippen LogP contribution in [0.15, 0.2) is 58.9 Å². The zero-order chi connectivity index (χ0) is 22.4. The number of benzene rings is 2. The minimum atomic E-state index is -3.63. The highest BCUT2D eigenvalue weighted by Crippen LogP contribution is 2.29. The number of carbonyl (C=O) groups excluding carboxylic acids is 1. The van der Waals surface area contributed by atoms with Crippen molar-refractivity contribution in [3.05, 3.63) is 65.7 Å². The second-order valence-electron chi connectivity index (χ2n) is 7.30. The molecule has 31 heavy (non-hydrogen) atoms. The average molecular weight is 477 g/mol. The molecule has 1 aromatic heterocycles. The number of nitrogens with zero attached hydrogens (tertiary/aromatic N) is 3. The van der Waals surface area contributed by atoms with E-state index >= 15 is 0 Å². The van der Waals surface area contributed by atoms with Crippen LogP contribution < -0.4 is 9.62 Å². The lowest BCUT2D eigenvalue weighted by Gasteiger charge is -2.24. The molecule has 1 N–H and O–H groups in total. The van der Waals surface area contributed by atoms with Gasteiger partial charge in [-0.05, 0) is 23.6 Å². The third-order valence-corrected chi connectivity index (χ3v) is 7.68. The first kappa shape index (κ1) is 23.2. The Bertz CT molecular complexity index is 1130. The number of anilines is 2. The lowest BCUT2D eigenvalue weighted by molar-refractivity contribution is 0.102. The van der Waals surface area contributed by atoms with E-state index in [1.54, 1.807) is 36.0 Å². The maximum Gasteiger partial charge on any atom is 0.259 e. The Hall–Kier alpha value is -2.43. The summed E-state index contributed by atoms with van der Waals surface area (Å²) in [4.78, 5) is 13.0. The molecule has 0 bridgehead atoms. The number of carbonyl (C=O) groups is 1. The molecule has 3 rings (SSSR count). The Kier molecular flexibility index (Phi) is 7.69. The molecule has 1 amide bonds. The fourth-order valence-corrected chi connectivity index (χ4v) is 5.36. The third kappa shape index (κ3) is 6.52. The van der Waals surface area contributed by atoms with Crippen molar-refractivity contribution in [2.75, 3.05) is 21.6 Å². The minimum absolute atomic E-state index is 0.124. The lowest BCUT2D eigenvalue weighted by atomic mass is 10.1. The molecule has 0 atom stereocenters. The van der Waals surface area contributed by atoms with Crippen molar-refractivity contribution in [2.24, 2.45) is 5.92 Å². The van der Waals surface area contributed by atoms with Crippen LogP contribution in [0.2, 0.25) is 0 Å². The van der Waals surface area contributed by atoms with Crippen molar-refractivity contribution < 1.29 is 13.2 Å². The summed E-state index contributed by atoms with van der Waals surface area (Å²) in [5.41, 5.74) is 1.37. The molecule has 0 spiro atoms. The van der Waals surface area contributed by atoms with Gasteiger partial charge in [0.05, 0.1) is 24.1 Å². The average Bonchev–Trinajstić information content (AvgIpc) is 3.18. The van der Waals surface area contributed by atoms with Crippen molar-refractivity contribution in [3.63, 3.8) is 0 Å². The van der Waals surface area contributed by atoms with Crippen molar-refractivity contribution in [1.82, 2.24) is 10.2 Å². The van der Waals surface area contributed by atoms with Gasteiger partial charge in [0.25, 0.3) is 5.91 Å². The molecule has 164 valence electrons. The van der Waals surface area contributed by atoms with Crippen molar-refractivity contribution >= 4 is 49.8 Å². The van der Waals surface area contributed by atoms with E-state index in [-0.39, 0.29) is 12.1 Å². The molecular formula is C21H24N4O3S3. The summed E-state index contributed by atoms with van der Waals surface area (Å²) in [7, 11) is -3.63. The van der Waals surface area contributed by atoms with Gasteiger partial charge >= 0.3 is 0 Å². The Morgan fingerprint density at radius 2 is 1.77 bits per heavy atom. The van der Waals surface area contributed by atoms with Gasteiger partial charge in [-0.1, -0.05) is 79.4 Å². The normalized spacial score (nSPS) is 11.5. The molecule has 0 saturated carbocycles. The van der Waals surface area contributed by atoms with Gasteiger partial charge in [0.15, 0.2) is 4.34 Å². The molecule has 10 heteroatoms. The number of hydrogen-bond donors (Lipinski definition) is 1. The van der Waals surface area contributed by atoms with Crippen LogP contribution >= 0.6 is 23.1 Å². The monoisotopic (exact) mass is 476 g/mol. The Morgan fingerprint density at radius 3 is 2.45 bits per heavy atom. The molecule has 0 unspecified atom stereocenters. The highest BCUT2D eigenvalue weighted by molar-refractivity contribution is 8.01. The minimum Gasteiger partial charge on any atom is -0.296 e. The number of amides is 1. The van der Waals surface area contributed by atoms with E-state index in [1.165, 1.54) is 15.6 Å². The maximum absolute atomic E-state index is 13.0. The highest BCUT2D eigenvalue weighted by atomic mass is 32.2. The van der Waals surface area contributed by atoms with E-state index in [4.69, 9.17) is 0 Å². The summed E-state index contributed by atoms with van der Waals surface area (Å²) in [6, 6.07) is 15.9. The Labute approximate surface area is 191 Å². The highest BCUT2D eigenvalue weighted by Gasteiger charge is 2.24. The molecule has 1 heterocycles. The van der Waals surface area contributed by atoms with Crippen molar-refractivity contribution in [2.45, 2.75) is 24.7 Å². The van der Waals surface area contributed by atoms with Gasteiger partial charge in [-0.3, -0.25) is 14.4 Å². The van der Waals surface area contributed by atoms with Crippen molar-refractivity contribution in [1.29, 1.82) is 0 Å². The number of aromatic nitrogens is 2. The van der Waals surface area contributed by atoms with Gasteiger partial charge in [-0.15, -0.1) is 10.2 Å². The van der Waals surface area contributed by atoms with E-state index in [0.717, 1.165) is 21.9 Å². The SMILES string of the molecule is CC(C)CSc1nnc(NC(=O)c2ccccc2N(Cc2ccccc2)S(C)(=O)=O)s1. The van der Waals surface area contributed by atoms with Gasteiger partial charge in [-0.25, -0.2) is 8.42 Å². The number of sulfonamides is 1. The van der Waals surface area contributed by atoms with Crippen LogP contribution in [0.25, 0.3) is 0 Å². The van der Waals surface area contributed by atoms with E-state index in [9.17, 15) is 13.2 Å². The first-order chi connectivity index (χ1) is 14.7. The molecule has 7 nitrogen and oxygen atoms in total. The zero-order valence-corrected chi connectivity index (χ0v) is 19.9. The molecule has 0 aliphatic rings. The Balaban J connectivity index is 1.85. The summed E-state index contributed by atoms with van der Waals surface area (Å²) < 4.78 is 27.2. The number of nitrogens with one attached hydrogen (secondary N) is 1. The summed E-state index contributed by atoms with van der Waals surface area (Å²) in [6.07, 6.45) is 1.13. The van der Waals surface area contributed by atoms with Crippen LogP contribution in [-0.4, -0.2) is 36.5 Å². The quantitative estimate of drug-likeness (QED) is 0.361. The van der Waals surface area contributed by atoms with Gasteiger partial charge in [0.2, 0.25) is 15.2 Å². The molecule has 0 fully saturated rings. The third-order valence-electron chi connectivity index (χ3n) is 4.15. The summed E-state index contributed by atoms with van der Waals surface area (Å²) in [5.74, 6) is 0.994. The number of hydrogen-bond acceptors (Lipinski definition) is 7. The molecule has 2 aromatic carbocycles. The van der Waals surface area contributed by atoms with Crippen LogP contribution in [0.3, 0.4) is 0 Å². The molecule has 0 aliphatic carbocycles. The van der Waals surface area contributed by atoms with E-state index in [2.05, 4.69) is 29.4 Å². The van der Waals surface area contributed by atoms with Crippen LogP contribution in [0.4, 0.5) is 10.8 Å². The smallest absolute Gasteiger partial charge is 0.259 e. The first-order valence-corrected chi connectivity index (χ1v) is 13.3. The zero-order valence-electron chi connectivity index (χ0n) is 17.5. The van der Waals surface area contributed by atoms with Crippen LogP contribution in [-0.2, 0) is 16.6 Å². The largest absolute Gasteiger partial charge is 0.296 e. The predicted octanol–water partition coefficient (Wildman–Crippen LogP) is 4.50. The van der Waals surface area contributed by atoms with Gasteiger partial charge in [0.1, 0.15) is 0 Å². The van der Waals surface area contributed by atoms with E-state index in [0.29, 0.717) is 16.7 Å².